The van der Waals surface area contributed by atoms with Crippen LogP contribution in [0.1, 0.15) is 44.2 Å². The zero-order chi connectivity index (χ0) is 17.9. The monoisotopic (exact) mass is 353 g/mol. The Labute approximate surface area is 156 Å². The number of carbonyl (C=O) groups is 1. The molecule has 0 radical (unpaired) electrons. The van der Waals surface area contributed by atoms with E-state index in [2.05, 4.69) is 39.9 Å². The van der Waals surface area contributed by atoms with Crippen molar-refractivity contribution in [3.05, 3.63) is 36.0 Å². The van der Waals surface area contributed by atoms with Gasteiger partial charge in [-0.3, -0.25) is 4.79 Å². The molecule has 0 spiro atoms. The van der Waals surface area contributed by atoms with Gasteiger partial charge in [-0.2, -0.15) is 0 Å². The maximum atomic E-state index is 12.6. The molecule has 1 aromatic heterocycles. The number of amides is 1. The van der Waals surface area contributed by atoms with Crippen LogP contribution in [0.5, 0.6) is 0 Å². The highest BCUT2D eigenvalue weighted by Gasteiger charge is 2.24. The van der Waals surface area contributed by atoms with Gasteiger partial charge in [-0.05, 0) is 56.0 Å². The molecule has 140 valence electrons. The molecule has 4 nitrogen and oxygen atoms in total. The normalized spacial score (nSPS) is 20.0. The van der Waals surface area contributed by atoms with Gasteiger partial charge >= 0.3 is 0 Å². The number of para-hydroxylation sites is 1. The summed E-state index contributed by atoms with van der Waals surface area (Å²) in [6.07, 6.45) is 7.85. The van der Waals surface area contributed by atoms with Gasteiger partial charge in [0.25, 0.3) is 0 Å². The minimum absolute atomic E-state index is 0.142. The zero-order valence-corrected chi connectivity index (χ0v) is 15.9. The van der Waals surface area contributed by atoms with E-state index in [1.54, 1.807) is 0 Å². The molecular weight excluding hydrogens is 322 g/mol. The van der Waals surface area contributed by atoms with E-state index < -0.39 is 0 Å². The third kappa shape index (κ3) is 3.96. The number of hydrogen-bond donors (Lipinski definition) is 1. The van der Waals surface area contributed by atoms with Crippen LogP contribution in [0.3, 0.4) is 0 Å². The Morgan fingerprint density at radius 1 is 1.12 bits per heavy atom. The van der Waals surface area contributed by atoms with E-state index in [4.69, 9.17) is 0 Å². The molecule has 2 aromatic rings. The molecule has 1 aliphatic carbocycles. The number of fused-ring (bicyclic) bond motifs is 1. The highest BCUT2D eigenvalue weighted by atomic mass is 16.2. The van der Waals surface area contributed by atoms with Crippen LogP contribution in [0.4, 0.5) is 0 Å². The van der Waals surface area contributed by atoms with Gasteiger partial charge in [0.05, 0.1) is 0 Å². The van der Waals surface area contributed by atoms with Gasteiger partial charge in [-0.25, -0.2) is 0 Å². The summed E-state index contributed by atoms with van der Waals surface area (Å²) in [5.41, 5.74) is 2.29. The molecule has 1 saturated carbocycles. The first-order chi connectivity index (χ1) is 12.7. The molecule has 0 bridgehead atoms. The Morgan fingerprint density at radius 2 is 1.85 bits per heavy atom. The predicted octanol–water partition coefficient (Wildman–Crippen LogP) is 3.72. The Hall–Kier alpha value is -1.81. The second-order valence-corrected chi connectivity index (χ2v) is 8.22. The van der Waals surface area contributed by atoms with Crippen molar-refractivity contribution in [2.24, 2.45) is 5.92 Å². The summed E-state index contributed by atoms with van der Waals surface area (Å²) in [6.45, 7) is 6.03. The van der Waals surface area contributed by atoms with Crippen molar-refractivity contribution in [3.8, 4) is 0 Å². The van der Waals surface area contributed by atoms with Crippen molar-refractivity contribution >= 4 is 16.8 Å². The summed E-state index contributed by atoms with van der Waals surface area (Å²) in [5, 5.41) is 4.48. The molecule has 26 heavy (non-hydrogen) atoms. The number of aromatic nitrogens is 1. The molecule has 1 amide bonds. The molecule has 1 aromatic carbocycles. The highest BCUT2D eigenvalue weighted by Crippen LogP contribution is 2.26. The van der Waals surface area contributed by atoms with Crippen LogP contribution in [0.15, 0.2) is 30.3 Å². The summed E-state index contributed by atoms with van der Waals surface area (Å²) >= 11 is 0. The average Bonchev–Trinajstić information content (AvgIpc) is 3.25. The summed E-state index contributed by atoms with van der Waals surface area (Å²) in [7, 11) is 0. The Balaban J connectivity index is 1.28. The van der Waals surface area contributed by atoms with E-state index in [0.29, 0.717) is 12.6 Å². The number of nitrogens with zero attached hydrogens (tertiary/aromatic N) is 2. The molecule has 2 aliphatic rings. The number of carbonyl (C=O) groups excluding carboxylic acids is 1. The van der Waals surface area contributed by atoms with Gasteiger partial charge in [0.1, 0.15) is 6.54 Å². The third-order valence-corrected chi connectivity index (χ3v) is 6.26. The van der Waals surface area contributed by atoms with E-state index in [1.807, 2.05) is 12.1 Å². The number of likely N-dealkylation sites (tertiary alicyclic amines) is 1. The summed E-state index contributed by atoms with van der Waals surface area (Å²) in [5.74, 6) is 1.06. The first-order valence-corrected chi connectivity index (χ1v) is 10.3. The fourth-order valence-corrected chi connectivity index (χ4v) is 4.79. The fraction of sp³-hybridized carbons (Fsp3) is 0.591. The topological polar surface area (TPSA) is 37.3 Å². The zero-order valence-electron chi connectivity index (χ0n) is 15.9. The van der Waals surface area contributed by atoms with Crippen molar-refractivity contribution in [2.75, 3.05) is 19.6 Å². The van der Waals surface area contributed by atoms with Gasteiger partial charge in [0.2, 0.25) is 5.91 Å². The van der Waals surface area contributed by atoms with Gasteiger partial charge < -0.3 is 14.8 Å². The average molecular weight is 354 g/mol. The number of benzene rings is 1. The molecule has 1 aliphatic heterocycles. The van der Waals surface area contributed by atoms with Gasteiger partial charge in [-0.15, -0.1) is 0 Å². The number of aryl methyl sites for hydroxylation is 1. The number of hydrogen-bond acceptors (Lipinski definition) is 2. The summed E-state index contributed by atoms with van der Waals surface area (Å²) in [4.78, 5) is 15.2. The van der Waals surface area contributed by atoms with Crippen LogP contribution in [-0.4, -0.2) is 41.1 Å². The number of piperidine rings is 1. The lowest BCUT2D eigenvalue weighted by molar-refractivity contribution is -0.122. The van der Waals surface area contributed by atoms with Crippen molar-refractivity contribution in [1.29, 1.82) is 0 Å². The molecule has 1 N–H and O–H groups in total. The molecular formula is C22H31N3O. The predicted molar refractivity (Wildman–Crippen MR) is 106 cm³/mol. The second-order valence-electron chi connectivity index (χ2n) is 8.22. The Morgan fingerprint density at radius 3 is 2.62 bits per heavy atom. The smallest absolute Gasteiger partial charge is 0.240 e. The number of nitrogens with one attached hydrogen (secondary N) is 1. The van der Waals surface area contributed by atoms with Crippen LogP contribution in [0, 0.1) is 12.8 Å². The number of rotatable bonds is 5. The fourth-order valence-electron chi connectivity index (χ4n) is 4.79. The van der Waals surface area contributed by atoms with Crippen LogP contribution in [-0.2, 0) is 11.3 Å². The van der Waals surface area contributed by atoms with E-state index in [-0.39, 0.29) is 5.91 Å². The maximum absolute atomic E-state index is 12.6. The van der Waals surface area contributed by atoms with Gasteiger partial charge in [0.15, 0.2) is 0 Å². The quantitative estimate of drug-likeness (QED) is 0.889. The van der Waals surface area contributed by atoms with Crippen LogP contribution in [0.2, 0.25) is 0 Å². The lowest BCUT2D eigenvalue weighted by atomic mass is 10.0. The molecule has 4 heteroatoms. The molecule has 0 unspecified atom stereocenters. The molecule has 2 heterocycles. The second kappa shape index (κ2) is 7.83. The Bertz CT molecular complexity index is 752. The van der Waals surface area contributed by atoms with E-state index >= 15 is 0 Å². The van der Waals surface area contributed by atoms with Crippen molar-refractivity contribution in [2.45, 2.75) is 58.0 Å². The minimum atomic E-state index is 0.142. The standard InChI is InChI=1S/C22H31N3O/c1-17-14-19-8-4-5-9-21(19)25(17)16-22(26)23-20-10-12-24(13-11-20)15-18-6-2-3-7-18/h4-5,8-9,14,18,20H,2-3,6-7,10-13,15-16H2,1H3,(H,23,26). The minimum Gasteiger partial charge on any atom is -0.352 e. The van der Waals surface area contributed by atoms with Crippen molar-refractivity contribution < 1.29 is 4.79 Å². The summed E-state index contributed by atoms with van der Waals surface area (Å²) in [6, 6.07) is 10.8. The SMILES string of the molecule is Cc1cc2ccccc2n1CC(=O)NC1CCN(CC2CCCC2)CC1. The van der Waals surface area contributed by atoms with Crippen molar-refractivity contribution in [1.82, 2.24) is 14.8 Å². The van der Waals surface area contributed by atoms with Crippen LogP contribution >= 0.6 is 0 Å². The molecule has 4 rings (SSSR count). The van der Waals surface area contributed by atoms with E-state index in [1.165, 1.54) is 37.6 Å². The third-order valence-electron chi connectivity index (χ3n) is 6.26. The van der Waals surface area contributed by atoms with E-state index in [9.17, 15) is 4.79 Å². The lowest BCUT2D eigenvalue weighted by Crippen LogP contribution is -2.46. The van der Waals surface area contributed by atoms with Gasteiger partial charge in [-0.1, -0.05) is 31.0 Å². The van der Waals surface area contributed by atoms with E-state index in [0.717, 1.165) is 43.1 Å². The molecule has 2 fully saturated rings. The van der Waals surface area contributed by atoms with Crippen molar-refractivity contribution in [3.63, 3.8) is 0 Å². The molecule has 1 saturated heterocycles. The van der Waals surface area contributed by atoms with Gasteiger partial charge in [0, 0.05) is 36.9 Å². The summed E-state index contributed by atoms with van der Waals surface area (Å²) < 4.78 is 2.12. The molecule has 0 atom stereocenters. The van der Waals surface area contributed by atoms with Crippen LogP contribution in [0.25, 0.3) is 10.9 Å². The Kier molecular flexibility index (Phi) is 5.30. The maximum Gasteiger partial charge on any atom is 0.240 e. The first-order valence-electron chi connectivity index (χ1n) is 10.3. The van der Waals surface area contributed by atoms with Crippen LogP contribution < -0.4 is 5.32 Å². The largest absolute Gasteiger partial charge is 0.352 e. The lowest BCUT2D eigenvalue weighted by Gasteiger charge is -2.33. The first kappa shape index (κ1) is 17.6. The highest BCUT2D eigenvalue weighted by molar-refractivity contribution is 5.84.